The zero-order valence-corrected chi connectivity index (χ0v) is 11.8. The maximum absolute atomic E-state index is 11.6. The minimum absolute atomic E-state index is 0.184. The number of carbonyl (C=O) groups is 2. The zero-order chi connectivity index (χ0) is 16.3. The van der Waals surface area contributed by atoms with Crippen LogP contribution in [0.4, 0.5) is 5.88 Å². The number of oxime groups is 1. The number of amides is 1. The average Bonchev–Trinajstić information content (AvgIpc) is 3.07. The van der Waals surface area contributed by atoms with Crippen molar-refractivity contribution in [1.29, 1.82) is 0 Å². The second-order valence-electron chi connectivity index (χ2n) is 3.87. The summed E-state index contributed by atoms with van der Waals surface area (Å²) in [6.45, 7) is 1.70. The van der Waals surface area contributed by atoms with Gasteiger partial charge >= 0.3 is 11.9 Å². The molecule has 0 bridgehead atoms. The topological polar surface area (TPSA) is 151 Å². The molecule has 2 N–H and O–H groups in total. The van der Waals surface area contributed by atoms with Crippen LogP contribution in [0.5, 0.6) is 0 Å². The lowest BCUT2D eigenvalue weighted by Crippen LogP contribution is -2.25. The summed E-state index contributed by atoms with van der Waals surface area (Å²) in [5, 5.41) is 15.6. The summed E-state index contributed by atoms with van der Waals surface area (Å²) >= 11 is 1.09. The maximum atomic E-state index is 11.6. The highest BCUT2D eigenvalue weighted by molar-refractivity contribution is 7.12. The number of rotatable bonds is 5. The SMILES string of the molecule is Cc1csc(/C(=N/OC(=O)c2ccc([N+](=O)[O-])o2)C(N)=O)n1. The third-order valence-electron chi connectivity index (χ3n) is 2.25. The first kappa shape index (κ1) is 15.3. The van der Waals surface area contributed by atoms with E-state index in [1.807, 2.05) is 0 Å². The molecule has 0 unspecified atom stereocenters. The monoisotopic (exact) mass is 324 g/mol. The molecule has 11 heteroatoms. The normalized spacial score (nSPS) is 11.2. The number of carbonyl (C=O) groups excluding carboxylic acids is 2. The van der Waals surface area contributed by atoms with E-state index in [0.717, 1.165) is 23.5 Å². The number of hydrogen-bond donors (Lipinski definition) is 1. The van der Waals surface area contributed by atoms with E-state index in [9.17, 15) is 19.7 Å². The van der Waals surface area contributed by atoms with Crippen LogP contribution in [0, 0.1) is 17.0 Å². The lowest BCUT2D eigenvalue weighted by molar-refractivity contribution is -0.402. The van der Waals surface area contributed by atoms with E-state index in [1.165, 1.54) is 0 Å². The Morgan fingerprint density at radius 3 is 2.73 bits per heavy atom. The average molecular weight is 324 g/mol. The fourth-order valence-corrected chi connectivity index (χ4v) is 2.10. The van der Waals surface area contributed by atoms with Gasteiger partial charge in [-0.15, -0.1) is 11.3 Å². The first-order valence-corrected chi connectivity index (χ1v) is 6.52. The molecule has 2 rings (SSSR count). The molecule has 1 amide bonds. The van der Waals surface area contributed by atoms with Crippen LogP contribution < -0.4 is 5.73 Å². The summed E-state index contributed by atoms with van der Waals surface area (Å²) in [5.41, 5.74) is 5.44. The second-order valence-corrected chi connectivity index (χ2v) is 4.73. The molecule has 0 aliphatic rings. The minimum atomic E-state index is -1.11. The summed E-state index contributed by atoms with van der Waals surface area (Å²) < 4.78 is 4.64. The fraction of sp³-hybridized carbons (Fsp3) is 0.0909. The van der Waals surface area contributed by atoms with Crippen LogP contribution in [0.1, 0.15) is 21.3 Å². The molecule has 0 aliphatic carbocycles. The van der Waals surface area contributed by atoms with E-state index < -0.39 is 28.4 Å². The van der Waals surface area contributed by atoms with Crippen LogP contribution in [-0.2, 0) is 9.63 Å². The van der Waals surface area contributed by atoms with Crippen molar-refractivity contribution >= 4 is 34.8 Å². The van der Waals surface area contributed by atoms with Gasteiger partial charge in [0.05, 0.1) is 6.07 Å². The molecular formula is C11H8N4O6S. The first-order chi connectivity index (χ1) is 10.4. The third kappa shape index (κ3) is 3.32. The number of nitro groups is 1. The molecule has 0 saturated carbocycles. The Bertz CT molecular complexity index is 777. The summed E-state index contributed by atoms with van der Waals surface area (Å²) in [6.07, 6.45) is 0. The highest BCUT2D eigenvalue weighted by atomic mass is 32.1. The molecule has 0 spiro atoms. The van der Waals surface area contributed by atoms with Crippen LogP contribution in [0.3, 0.4) is 0 Å². The Morgan fingerprint density at radius 2 is 2.23 bits per heavy atom. The third-order valence-corrected chi connectivity index (χ3v) is 3.21. The second kappa shape index (κ2) is 6.13. The number of nitrogens with two attached hydrogens (primary N) is 1. The highest BCUT2D eigenvalue weighted by Gasteiger charge is 2.21. The Morgan fingerprint density at radius 1 is 1.50 bits per heavy atom. The van der Waals surface area contributed by atoms with Crippen molar-refractivity contribution in [1.82, 2.24) is 4.98 Å². The molecule has 0 aliphatic heterocycles. The first-order valence-electron chi connectivity index (χ1n) is 5.64. The van der Waals surface area contributed by atoms with Gasteiger partial charge in [0.25, 0.3) is 5.91 Å². The van der Waals surface area contributed by atoms with Crippen LogP contribution in [0.15, 0.2) is 27.1 Å². The standard InChI is InChI=1S/C11H8N4O6S/c1-5-4-22-10(13-5)8(9(12)16)14-21-11(17)6-2-3-7(20-6)15(18)19/h2-4H,1H3,(H2,12,16)/b14-8+. The smallest absolute Gasteiger partial charge is 0.393 e. The van der Waals surface area contributed by atoms with E-state index in [1.54, 1.807) is 12.3 Å². The van der Waals surface area contributed by atoms with Gasteiger partial charge in [-0.1, -0.05) is 5.16 Å². The largest absolute Gasteiger partial charge is 0.433 e. The van der Waals surface area contributed by atoms with Crippen molar-refractivity contribution in [3.8, 4) is 0 Å². The van der Waals surface area contributed by atoms with Crippen LogP contribution in [-0.4, -0.2) is 27.5 Å². The highest BCUT2D eigenvalue weighted by Crippen LogP contribution is 2.17. The summed E-state index contributed by atoms with van der Waals surface area (Å²) in [4.78, 5) is 41.1. The minimum Gasteiger partial charge on any atom is -0.393 e. The molecular weight excluding hydrogens is 316 g/mol. The van der Waals surface area contributed by atoms with E-state index in [2.05, 4.69) is 19.4 Å². The predicted molar refractivity (Wildman–Crippen MR) is 73.4 cm³/mol. The summed E-state index contributed by atoms with van der Waals surface area (Å²) in [6, 6.07) is 2.03. The van der Waals surface area contributed by atoms with Gasteiger partial charge in [-0.05, 0) is 13.0 Å². The number of nitrogens with zero attached hydrogens (tertiary/aromatic N) is 3. The number of hydrogen-bond acceptors (Lipinski definition) is 9. The molecule has 2 aromatic rings. The number of furan rings is 1. The predicted octanol–water partition coefficient (Wildman–Crippen LogP) is 0.999. The molecule has 0 radical (unpaired) electrons. The summed E-state index contributed by atoms with van der Waals surface area (Å²) in [7, 11) is 0. The molecule has 114 valence electrons. The van der Waals surface area contributed by atoms with Crippen LogP contribution in [0.2, 0.25) is 0 Å². The number of thiazole rings is 1. The molecule has 0 aromatic carbocycles. The van der Waals surface area contributed by atoms with Crippen LogP contribution in [0.25, 0.3) is 0 Å². The zero-order valence-electron chi connectivity index (χ0n) is 11.0. The number of primary amides is 1. The quantitative estimate of drug-likeness (QED) is 0.373. The lowest BCUT2D eigenvalue weighted by Gasteiger charge is -1.97. The molecule has 0 fully saturated rings. The van der Waals surface area contributed by atoms with Gasteiger partial charge in [-0.3, -0.25) is 14.9 Å². The maximum Gasteiger partial charge on any atom is 0.433 e. The van der Waals surface area contributed by atoms with Crippen LogP contribution >= 0.6 is 11.3 Å². The van der Waals surface area contributed by atoms with Gasteiger partial charge in [0.15, 0.2) is 5.01 Å². The van der Waals surface area contributed by atoms with Crippen molar-refractivity contribution in [2.75, 3.05) is 0 Å². The van der Waals surface area contributed by atoms with Crippen molar-refractivity contribution in [2.45, 2.75) is 6.92 Å². The van der Waals surface area contributed by atoms with E-state index in [-0.39, 0.29) is 10.7 Å². The van der Waals surface area contributed by atoms with Gasteiger partial charge < -0.3 is 15.0 Å². The fourth-order valence-electron chi connectivity index (χ4n) is 1.32. The van der Waals surface area contributed by atoms with Crippen molar-refractivity contribution in [3.63, 3.8) is 0 Å². The molecule has 10 nitrogen and oxygen atoms in total. The molecule has 22 heavy (non-hydrogen) atoms. The number of aryl methyl sites for hydroxylation is 1. The van der Waals surface area contributed by atoms with E-state index in [4.69, 9.17) is 5.73 Å². The van der Waals surface area contributed by atoms with Gasteiger partial charge in [0, 0.05) is 11.1 Å². The Balaban J connectivity index is 2.18. The van der Waals surface area contributed by atoms with Crippen molar-refractivity contribution in [3.05, 3.63) is 44.1 Å². The van der Waals surface area contributed by atoms with Crippen molar-refractivity contribution < 1.29 is 23.8 Å². The molecule has 2 aromatic heterocycles. The van der Waals surface area contributed by atoms with E-state index in [0.29, 0.717) is 5.69 Å². The van der Waals surface area contributed by atoms with Crippen molar-refractivity contribution in [2.24, 2.45) is 10.9 Å². The number of aromatic nitrogens is 1. The summed E-state index contributed by atoms with van der Waals surface area (Å²) in [5.74, 6) is -3.11. The lowest BCUT2D eigenvalue weighted by atomic mass is 10.4. The van der Waals surface area contributed by atoms with Gasteiger partial charge in [0.2, 0.25) is 11.5 Å². The Labute approximate surface area is 126 Å². The molecule has 0 saturated heterocycles. The molecule has 2 heterocycles. The van der Waals surface area contributed by atoms with Gasteiger partial charge in [0.1, 0.15) is 4.92 Å². The van der Waals surface area contributed by atoms with Gasteiger partial charge in [-0.2, -0.15) is 0 Å². The molecule has 0 atom stereocenters. The van der Waals surface area contributed by atoms with E-state index >= 15 is 0 Å². The van der Waals surface area contributed by atoms with Gasteiger partial charge in [-0.25, -0.2) is 9.78 Å². The Hall–Kier alpha value is -3.08. The Kier molecular flexibility index (Phi) is 4.27.